The summed E-state index contributed by atoms with van der Waals surface area (Å²) < 4.78 is 5.33. The van der Waals surface area contributed by atoms with Gasteiger partial charge >= 0.3 is 0 Å². The summed E-state index contributed by atoms with van der Waals surface area (Å²) in [5.41, 5.74) is 1.34. The first-order valence-corrected chi connectivity index (χ1v) is 8.66. The predicted octanol–water partition coefficient (Wildman–Crippen LogP) is 3.02. The molecular weight excluding hydrogens is 282 g/mol. The van der Waals surface area contributed by atoms with Crippen LogP contribution < -0.4 is 10.2 Å². The molecule has 0 bridgehead atoms. The molecule has 1 aromatic rings. The van der Waals surface area contributed by atoms with Crippen molar-refractivity contribution in [3.8, 4) is 0 Å². The van der Waals surface area contributed by atoms with Crippen LogP contribution in [-0.2, 0) is 16.7 Å². The molecule has 0 aliphatic carbocycles. The molecule has 2 heterocycles. The van der Waals surface area contributed by atoms with Gasteiger partial charge in [-0.15, -0.1) is 11.3 Å². The SMILES string of the molecule is CNCc1sc(N2CCCC(COC)C2)nc1C(C)(C)C. The van der Waals surface area contributed by atoms with E-state index in [1.165, 1.54) is 28.5 Å². The Hall–Kier alpha value is -0.650. The van der Waals surface area contributed by atoms with E-state index in [4.69, 9.17) is 9.72 Å². The van der Waals surface area contributed by atoms with Gasteiger partial charge in [0.05, 0.1) is 12.3 Å². The Morgan fingerprint density at radius 1 is 1.43 bits per heavy atom. The average Bonchev–Trinajstić information content (AvgIpc) is 2.84. The summed E-state index contributed by atoms with van der Waals surface area (Å²) in [4.78, 5) is 8.80. The maximum absolute atomic E-state index is 5.33. The molecular formula is C16H29N3OS. The minimum absolute atomic E-state index is 0.0999. The van der Waals surface area contributed by atoms with Crippen LogP contribution in [0.3, 0.4) is 0 Å². The molecule has 0 aromatic carbocycles. The van der Waals surface area contributed by atoms with E-state index in [1.807, 2.05) is 18.4 Å². The zero-order valence-electron chi connectivity index (χ0n) is 14.0. The molecule has 0 saturated carbocycles. The zero-order chi connectivity index (χ0) is 15.5. The first-order valence-electron chi connectivity index (χ1n) is 7.84. The first kappa shape index (κ1) is 16.7. The Morgan fingerprint density at radius 3 is 2.81 bits per heavy atom. The molecule has 120 valence electrons. The van der Waals surface area contributed by atoms with Gasteiger partial charge in [0, 0.05) is 37.0 Å². The van der Waals surface area contributed by atoms with E-state index in [1.54, 1.807) is 7.11 Å². The van der Waals surface area contributed by atoms with E-state index in [0.29, 0.717) is 5.92 Å². The molecule has 1 saturated heterocycles. The van der Waals surface area contributed by atoms with Gasteiger partial charge < -0.3 is 15.0 Å². The third-order valence-corrected chi connectivity index (χ3v) is 5.04. The van der Waals surface area contributed by atoms with Crippen molar-refractivity contribution < 1.29 is 4.74 Å². The van der Waals surface area contributed by atoms with E-state index in [2.05, 4.69) is 31.0 Å². The third kappa shape index (κ3) is 4.18. The summed E-state index contributed by atoms with van der Waals surface area (Å²) in [6, 6.07) is 0. The standard InChI is InChI=1S/C16H29N3OS/c1-16(2,3)14-13(9-17-4)21-15(18-14)19-8-6-7-12(10-19)11-20-5/h12,17H,6-11H2,1-5H3. The van der Waals surface area contributed by atoms with E-state index in [0.717, 1.165) is 26.2 Å². The molecule has 1 atom stereocenters. The molecule has 0 radical (unpaired) electrons. The van der Waals surface area contributed by atoms with E-state index in [-0.39, 0.29) is 5.41 Å². The van der Waals surface area contributed by atoms with Crippen molar-refractivity contribution in [2.75, 3.05) is 38.8 Å². The van der Waals surface area contributed by atoms with Gasteiger partial charge in [-0.05, 0) is 25.8 Å². The molecule has 1 N–H and O–H groups in total. The van der Waals surface area contributed by atoms with Crippen LogP contribution in [0.5, 0.6) is 0 Å². The molecule has 5 heteroatoms. The molecule has 1 aromatic heterocycles. The molecule has 1 unspecified atom stereocenters. The topological polar surface area (TPSA) is 37.4 Å². The number of nitrogens with zero attached hydrogens (tertiary/aromatic N) is 2. The number of ether oxygens (including phenoxy) is 1. The second-order valence-corrected chi connectivity index (χ2v) is 8.02. The van der Waals surface area contributed by atoms with Gasteiger partial charge in [0.15, 0.2) is 5.13 Å². The summed E-state index contributed by atoms with van der Waals surface area (Å²) in [7, 11) is 3.80. The molecule has 4 nitrogen and oxygen atoms in total. The zero-order valence-corrected chi connectivity index (χ0v) is 14.8. The number of methoxy groups -OCH3 is 1. The second-order valence-electron chi connectivity index (χ2n) is 6.96. The predicted molar refractivity (Wildman–Crippen MR) is 90.4 cm³/mol. The first-order chi connectivity index (χ1) is 9.95. The normalized spacial score (nSPS) is 20.0. The van der Waals surface area contributed by atoms with Crippen molar-refractivity contribution in [2.24, 2.45) is 5.92 Å². The van der Waals surface area contributed by atoms with Gasteiger partial charge in [-0.3, -0.25) is 0 Å². The lowest BCUT2D eigenvalue weighted by atomic mass is 9.91. The summed E-state index contributed by atoms with van der Waals surface area (Å²) in [6.07, 6.45) is 2.50. The van der Waals surface area contributed by atoms with Crippen LogP contribution >= 0.6 is 11.3 Å². The maximum Gasteiger partial charge on any atom is 0.185 e. The molecule has 21 heavy (non-hydrogen) atoms. The summed E-state index contributed by atoms with van der Waals surface area (Å²) in [6.45, 7) is 10.7. The lowest BCUT2D eigenvalue weighted by molar-refractivity contribution is 0.143. The van der Waals surface area contributed by atoms with Crippen molar-refractivity contribution >= 4 is 16.5 Å². The maximum atomic E-state index is 5.33. The Balaban J connectivity index is 2.19. The minimum atomic E-state index is 0.0999. The van der Waals surface area contributed by atoms with Crippen molar-refractivity contribution in [2.45, 2.75) is 45.6 Å². The quantitative estimate of drug-likeness (QED) is 0.907. The summed E-state index contributed by atoms with van der Waals surface area (Å²) in [5.74, 6) is 0.637. The highest BCUT2D eigenvalue weighted by Crippen LogP contribution is 2.35. The number of rotatable bonds is 5. The minimum Gasteiger partial charge on any atom is -0.384 e. The van der Waals surface area contributed by atoms with Gasteiger partial charge in [-0.1, -0.05) is 20.8 Å². The number of aromatic nitrogens is 1. The molecule has 2 rings (SSSR count). The van der Waals surface area contributed by atoms with Gasteiger partial charge in [0.2, 0.25) is 0 Å². The number of hydrogen-bond donors (Lipinski definition) is 1. The number of thiazole rings is 1. The number of hydrogen-bond acceptors (Lipinski definition) is 5. The van der Waals surface area contributed by atoms with Crippen molar-refractivity contribution in [1.29, 1.82) is 0 Å². The van der Waals surface area contributed by atoms with Crippen LogP contribution in [-0.4, -0.2) is 38.8 Å². The lowest BCUT2D eigenvalue weighted by Gasteiger charge is -2.32. The largest absolute Gasteiger partial charge is 0.384 e. The Kier molecular flexibility index (Phi) is 5.63. The molecule has 1 fully saturated rings. The number of nitrogens with one attached hydrogen (secondary N) is 1. The van der Waals surface area contributed by atoms with Crippen LogP contribution in [0.4, 0.5) is 5.13 Å². The lowest BCUT2D eigenvalue weighted by Crippen LogP contribution is -2.37. The fourth-order valence-corrected chi connectivity index (χ4v) is 4.27. The van der Waals surface area contributed by atoms with Gasteiger partial charge in [0.25, 0.3) is 0 Å². The van der Waals surface area contributed by atoms with Crippen molar-refractivity contribution in [3.05, 3.63) is 10.6 Å². The van der Waals surface area contributed by atoms with Crippen LogP contribution in [0.15, 0.2) is 0 Å². The fourth-order valence-electron chi connectivity index (χ4n) is 2.95. The molecule has 0 spiro atoms. The van der Waals surface area contributed by atoms with E-state index < -0.39 is 0 Å². The molecule has 1 aliphatic heterocycles. The third-order valence-electron chi connectivity index (χ3n) is 3.93. The smallest absolute Gasteiger partial charge is 0.185 e. The van der Waals surface area contributed by atoms with Crippen molar-refractivity contribution in [3.63, 3.8) is 0 Å². The van der Waals surface area contributed by atoms with Crippen LogP contribution in [0.1, 0.15) is 44.2 Å². The Bertz CT molecular complexity index is 451. The van der Waals surface area contributed by atoms with Crippen LogP contribution in [0.25, 0.3) is 0 Å². The summed E-state index contributed by atoms with van der Waals surface area (Å²) in [5, 5.41) is 4.46. The van der Waals surface area contributed by atoms with Gasteiger partial charge in [-0.2, -0.15) is 0 Å². The van der Waals surface area contributed by atoms with E-state index in [9.17, 15) is 0 Å². The van der Waals surface area contributed by atoms with Crippen LogP contribution in [0, 0.1) is 5.92 Å². The van der Waals surface area contributed by atoms with Gasteiger partial charge in [-0.25, -0.2) is 4.98 Å². The summed E-state index contributed by atoms with van der Waals surface area (Å²) >= 11 is 1.85. The Morgan fingerprint density at radius 2 is 2.19 bits per heavy atom. The average molecular weight is 311 g/mol. The highest BCUT2D eigenvalue weighted by Gasteiger charge is 2.27. The monoisotopic (exact) mass is 311 g/mol. The van der Waals surface area contributed by atoms with Gasteiger partial charge in [0.1, 0.15) is 0 Å². The molecule has 0 amide bonds. The fraction of sp³-hybridized carbons (Fsp3) is 0.812. The van der Waals surface area contributed by atoms with Crippen LogP contribution in [0.2, 0.25) is 0 Å². The number of piperidine rings is 1. The highest BCUT2D eigenvalue weighted by atomic mass is 32.1. The second kappa shape index (κ2) is 7.07. The highest BCUT2D eigenvalue weighted by molar-refractivity contribution is 7.15. The molecule has 1 aliphatic rings. The number of anilines is 1. The van der Waals surface area contributed by atoms with E-state index >= 15 is 0 Å². The Labute approximate surface area is 132 Å². The van der Waals surface area contributed by atoms with Crippen molar-refractivity contribution in [1.82, 2.24) is 10.3 Å².